The first-order chi connectivity index (χ1) is 6.99. The van der Waals surface area contributed by atoms with E-state index in [4.69, 9.17) is 0 Å². The van der Waals surface area contributed by atoms with Gasteiger partial charge in [-0.25, -0.2) is 8.42 Å². The van der Waals surface area contributed by atoms with Gasteiger partial charge in [-0.1, -0.05) is 20.3 Å². The highest BCUT2D eigenvalue weighted by Gasteiger charge is 2.08. The van der Waals surface area contributed by atoms with Gasteiger partial charge < -0.3 is 5.32 Å². The second-order valence-corrected chi connectivity index (χ2v) is 6.47. The zero-order valence-corrected chi connectivity index (χ0v) is 11.1. The van der Waals surface area contributed by atoms with Gasteiger partial charge in [-0.05, 0) is 32.2 Å². The SMILES string of the molecule is CCCNC(CCC)CCCS(C)(=O)=O. The molecule has 0 aromatic carbocycles. The Bertz CT molecular complexity index is 237. The Kier molecular flexibility index (Phi) is 8.06. The van der Waals surface area contributed by atoms with Gasteiger partial charge in [-0.15, -0.1) is 0 Å². The molecule has 0 spiro atoms. The van der Waals surface area contributed by atoms with Crippen LogP contribution in [0.2, 0.25) is 0 Å². The van der Waals surface area contributed by atoms with Crippen LogP contribution in [0.5, 0.6) is 0 Å². The lowest BCUT2D eigenvalue weighted by molar-refractivity contribution is 0.444. The van der Waals surface area contributed by atoms with Gasteiger partial charge in [0.2, 0.25) is 0 Å². The number of sulfone groups is 1. The minimum atomic E-state index is -2.78. The zero-order valence-electron chi connectivity index (χ0n) is 10.3. The molecule has 0 aliphatic rings. The summed E-state index contributed by atoms with van der Waals surface area (Å²) in [6.45, 7) is 5.34. The van der Waals surface area contributed by atoms with Crippen molar-refractivity contribution in [1.29, 1.82) is 0 Å². The molecule has 0 rings (SSSR count). The van der Waals surface area contributed by atoms with Crippen molar-refractivity contribution in [1.82, 2.24) is 5.32 Å². The van der Waals surface area contributed by atoms with Crippen LogP contribution < -0.4 is 5.32 Å². The van der Waals surface area contributed by atoms with Crippen LogP contribution >= 0.6 is 0 Å². The molecule has 0 aliphatic carbocycles. The molecule has 0 aromatic rings. The maximum absolute atomic E-state index is 11.0. The first kappa shape index (κ1) is 14.9. The van der Waals surface area contributed by atoms with Gasteiger partial charge in [-0.2, -0.15) is 0 Å². The molecule has 1 unspecified atom stereocenters. The molecule has 1 atom stereocenters. The first-order valence-corrected chi connectivity index (χ1v) is 7.96. The quantitative estimate of drug-likeness (QED) is 0.664. The van der Waals surface area contributed by atoms with E-state index in [2.05, 4.69) is 19.2 Å². The molecule has 15 heavy (non-hydrogen) atoms. The summed E-state index contributed by atoms with van der Waals surface area (Å²) in [6.07, 6.45) is 6.48. The van der Waals surface area contributed by atoms with Crippen molar-refractivity contribution in [2.45, 2.75) is 52.0 Å². The van der Waals surface area contributed by atoms with Gasteiger partial charge in [0.1, 0.15) is 9.84 Å². The lowest BCUT2D eigenvalue weighted by atomic mass is 10.1. The Hall–Kier alpha value is -0.0900. The smallest absolute Gasteiger partial charge is 0.147 e. The summed E-state index contributed by atoms with van der Waals surface area (Å²) in [7, 11) is -2.78. The van der Waals surface area contributed by atoms with Gasteiger partial charge in [0.15, 0.2) is 0 Å². The maximum atomic E-state index is 11.0. The molecule has 0 saturated carbocycles. The van der Waals surface area contributed by atoms with E-state index < -0.39 is 9.84 Å². The molecule has 0 aromatic heterocycles. The van der Waals surface area contributed by atoms with Crippen LogP contribution in [0.4, 0.5) is 0 Å². The number of rotatable bonds is 9. The molecule has 0 radical (unpaired) electrons. The van der Waals surface area contributed by atoms with Crippen molar-refractivity contribution in [3.63, 3.8) is 0 Å². The fourth-order valence-electron chi connectivity index (χ4n) is 1.64. The van der Waals surface area contributed by atoms with Gasteiger partial charge >= 0.3 is 0 Å². The predicted molar refractivity (Wildman–Crippen MR) is 65.9 cm³/mol. The second-order valence-electron chi connectivity index (χ2n) is 4.21. The largest absolute Gasteiger partial charge is 0.314 e. The summed E-state index contributed by atoms with van der Waals surface area (Å²) in [6, 6.07) is 0.497. The summed E-state index contributed by atoms with van der Waals surface area (Å²) < 4.78 is 21.9. The molecule has 0 bridgehead atoms. The van der Waals surface area contributed by atoms with Gasteiger partial charge in [-0.3, -0.25) is 0 Å². The summed E-state index contributed by atoms with van der Waals surface area (Å²) in [5, 5.41) is 3.46. The number of hydrogen-bond acceptors (Lipinski definition) is 3. The topological polar surface area (TPSA) is 46.2 Å². The molecule has 3 nitrogen and oxygen atoms in total. The summed E-state index contributed by atoms with van der Waals surface area (Å²) in [5.74, 6) is 0.320. The molecule has 0 amide bonds. The van der Waals surface area contributed by atoms with Crippen molar-refractivity contribution in [2.75, 3.05) is 18.6 Å². The summed E-state index contributed by atoms with van der Waals surface area (Å²) in [4.78, 5) is 0. The van der Waals surface area contributed by atoms with Crippen LogP contribution in [-0.2, 0) is 9.84 Å². The third kappa shape index (κ3) is 10.2. The lowest BCUT2D eigenvalue weighted by Crippen LogP contribution is -2.30. The van der Waals surface area contributed by atoms with Crippen molar-refractivity contribution < 1.29 is 8.42 Å². The van der Waals surface area contributed by atoms with Crippen molar-refractivity contribution in [3.8, 4) is 0 Å². The molecule has 4 heteroatoms. The lowest BCUT2D eigenvalue weighted by Gasteiger charge is -2.17. The fourth-order valence-corrected chi connectivity index (χ4v) is 2.33. The number of nitrogens with one attached hydrogen (secondary N) is 1. The standard InChI is InChI=1S/C11H25NO2S/c1-4-7-11(12-9-5-2)8-6-10-15(3,13)14/h11-12H,4-10H2,1-3H3. The molecule has 1 N–H and O–H groups in total. The minimum Gasteiger partial charge on any atom is -0.314 e. The number of hydrogen-bond donors (Lipinski definition) is 1. The monoisotopic (exact) mass is 235 g/mol. The molecule has 0 fully saturated rings. The van der Waals surface area contributed by atoms with E-state index in [1.165, 1.54) is 6.26 Å². The van der Waals surface area contributed by atoms with Crippen molar-refractivity contribution >= 4 is 9.84 Å². The average molecular weight is 235 g/mol. The Morgan fingerprint density at radius 3 is 2.27 bits per heavy atom. The highest BCUT2D eigenvalue weighted by atomic mass is 32.2. The second kappa shape index (κ2) is 8.11. The van der Waals surface area contributed by atoms with Crippen LogP contribution in [0.3, 0.4) is 0 Å². The van der Waals surface area contributed by atoms with Gasteiger partial charge in [0, 0.05) is 18.1 Å². The third-order valence-corrected chi connectivity index (χ3v) is 3.42. The Morgan fingerprint density at radius 1 is 1.13 bits per heavy atom. The van der Waals surface area contributed by atoms with E-state index in [9.17, 15) is 8.42 Å². The van der Waals surface area contributed by atoms with E-state index >= 15 is 0 Å². The van der Waals surface area contributed by atoms with Gasteiger partial charge in [0.05, 0.1) is 0 Å². The van der Waals surface area contributed by atoms with Crippen LogP contribution in [0.1, 0.15) is 46.0 Å². The molecule has 0 aliphatic heterocycles. The molecule has 0 saturated heterocycles. The highest BCUT2D eigenvalue weighted by molar-refractivity contribution is 7.90. The van der Waals surface area contributed by atoms with E-state index in [0.717, 1.165) is 38.6 Å². The third-order valence-electron chi connectivity index (χ3n) is 2.39. The van der Waals surface area contributed by atoms with Crippen LogP contribution in [0, 0.1) is 0 Å². The van der Waals surface area contributed by atoms with E-state index in [1.54, 1.807) is 0 Å². The summed E-state index contributed by atoms with van der Waals surface area (Å²) in [5.41, 5.74) is 0. The minimum absolute atomic E-state index is 0.320. The Morgan fingerprint density at radius 2 is 1.80 bits per heavy atom. The van der Waals surface area contributed by atoms with Crippen LogP contribution in [0.15, 0.2) is 0 Å². The Labute approximate surface area is 94.6 Å². The van der Waals surface area contributed by atoms with Gasteiger partial charge in [0.25, 0.3) is 0 Å². The molecule has 92 valence electrons. The normalized spacial score (nSPS) is 14.1. The van der Waals surface area contributed by atoms with Crippen LogP contribution in [0.25, 0.3) is 0 Å². The van der Waals surface area contributed by atoms with Crippen molar-refractivity contribution in [3.05, 3.63) is 0 Å². The van der Waals surface area contributed by atoms with Crippen LogP contribution in [-0.4, -0.2) is 33.0 Å². The fraction of sp³-hybridized carbons (Fsp3) is 1.00. The zero-order chi connectivity index (χ0) is 11.7. The molecule has 0 heterocycles. The predicted octanol–water partition coefficient (Wildman–Crippen LogP) is 1.98. The average Bonchev–Trinajstić information content (AvgIpc) is 2.12. The van der Waals surface area contributed by atoms with E-state index in [1.807, 2.05) is 0 Å². The van der Waals surface area contributed by atoms with Crippen molar-refractivity contribution in [2.24, 2.45) is 0 Å². The van der Waals surface area contributed by atoms with E-state index in [-0.39, 0.29) is 0 Å². The Balaban J connectivity index is 3.74. The molecular weight excluding hydrogens is 210 g/mol. The maximum Gasteiger partial charge on any atom is 0.147 e. The van der Waals surface area contributed by atoms with E-state index in [0.29, 0.717) is 11.8 Å². The summed E-state index contributed by atoms with van der Waals surface area (Å²) >= 11 is 0. The first-order valence-electron chi connectivity index (χ1n) is 5.90. The highest BCUT2D eigenvalue weighted by Crippen LogP contribution is 2.06. The molecular formula is C11H25NO2S.